The first-order chi connectivity index (χ1) is 12.6. The minimum Gasteiger partial charge on any atom is -0.479 e. The van der Waals surface area contributed by atoms with Gasteiger partial charge in [0.25, 0.3) is 0 Å². The van der Waals surface area contributed by atoms with E-state index in [0.717, 1.165) is 5.69 Å². The van der Waals surface area contributed by atoms with Crippen LogP contribution in [0.15, 0.2) is 51.8 Å². The topological polar surface area (TPSA) is 86.4 Å². The minimum atomic E-state index is -0.562. The minimum absolute atomic E-state index is 0.122. The zero-order chi connectivity index (χ0) is 18.4. The van der Waals surface area contributed by atoms with Crippen LogP contribution in [0.3, 0.4) is 0 Å². The average molecular weight is 351 g/mol. The summed E-state index contributed by atoms with van der Waals surface area (Å²) in [6.07, 6.45) is 1.63. The number of pyridine rings is 1. The molecule has 0 bridgehead atoms. The molecule has 2 aromatic heterocycles. The first-order valence-electron chi connectivity index (χ1n) is 8.00. The molecule has 7 heteroatoms. The van der Waals surface area contributed by atoms with Crippen molar-refractivity contribution in [3.05, 3.63) is 58.8 Å². The highest BCUT2D eigenvalue weighted by Crippen LogP contribution is 2.11. The number of aryl methyl sites for hydroxylation is 1. The Labute approximate surface area is 149 Å². The van der Waals surface area contributed by atoms with E-state index < -0.39 is 5.76 Å². The van der Waals surface area contributed by atoms with Gasteiger partial charge in [-0.1, -0.05) is 24.0 Å². The number of aromatic nitrogens is 2. The maximum absolute atomic E-state index is 12.0. The molecule has 26 heavy (non-hydrogen) atoms. The van der Waals surface area contributed by atoms with Gasteiger partial charge in [0.2, 0.25) is 5.91 Å². The van der Waals surface area contributed by atoms with Crippen molar-refractivity contribution in [3.63, 3.8) is 0 Å². The number of fused-ring (bicyclic) bond motifs is 1. The Hall–Kier alpha value is -3.53. The Morgan fingerprint density at radius 3 is 2.92 bits per heavy atom. The van der Waals surface area contributed by atoms with E-state index in [1.807, 2.05) is 19.1 Å². The lowest BCUT2D eigenvalue weighted by Crippen LogP contribution is -2.31. The third-order valence-electron chi connectivity index (χ3n) is 3.57. The van der Waals surface area contributed by atoms with Crippen molar-refractivity contribution < 1.29 is 13.9 Å². The lowest BCUT2D eigenvalue weighted by Gasteiger charge is -2.02. The molecular weight excluding hydrogens is 334 g/mol. The number of carbonyl (C=O) groups excluding carboxylic acids is 1. The number of nitrogens with zero attached hydrogens (tertiary/aromatic N) is 2. The second kappa shape index (κ2) is 8.03. The Morgan fingerprint density at radius 2 is 2.12 bits per heavy atom. The van der Waals surface area contributed by atoms with E-state index in [4.69, 9.17) is 9.15 Å². The molecule has 0 unspecified atom stereocenters. The van der Waals surface area contributed by atoms with E-state index in [0.29, 0.717) is 16.8 Å². The van der Waals surface area contributed by atoms with E-state index in [-0.39, 0.29) is 25.6 Å². The summed E-state index contributed by atoms with van der Waals surface area (Å²) in [5.41, 5.74) is 1.95. The van der Waals surface area contributed by atoms with Crippen LogP contribution >= 0.6 is 0 Å². The van der Waals surface area contributed by atoms with E-state index in [1.54, 1.807) is 30.5 Å². The van der Waals surface area contributed by atoms with Crippen molar-refractivity contribution >= 4 is 17.0 Å². The Balaban J connectivity index is 1.46. The normalized spacial score (nSPS) is 10.2. The predicted molar refractivity (Wildman–Crippen MR) is 95.7 cm³/mol. The van der Waals surface area contributed by atoms with Crippen molar-refractivity contribution in [1.29, 1.82) is 0 Å². The molecule has 1 amide bonds. The molecule has 3 rings (SSSR count). The monoisotopic (exact) mass is 351 g/mol. The highest BCUT2D eigenvalue weighted by atomic mass is 16.5. The number of hydrogen-bond donors (Lipinski definition) is 1. The van der Waals surface area contributed by atoms with Gasteiger partial charge in [0, 0.05) is 5.69 Å². The molecule has 0 atom stereocenters. The number of benzene rings is 1. The third-order valence-corrected chi connectivity index (χ3v) is 3.57. The fourth-order valence-corrected chi connectivity index (χ4v) is 2.28. The molecule has 0 aliphatic heterocycles. The summed E-state index contributed by atoms with van der Waals surface area (Å²) in [5, 5.41) is 2.64. The van der Waals surface area contributed by atoms with Gasteiger partial charge < -0.3 is 14.5 Å². The maximum atomic E-state index is 12.0. The molecule has 7 nitrogen and oxygen atoms in total. The quantitative estimate of drug-likeness (QED) is 0.704. The van der Waals surface area contributed by atoms with Gasteiger partial charge >= 0.3 is 5.76 Å². The van der Waals surface area contributed by atoms with Crippen LogP contribution in [0.5, 0.6) is 5.75 Å². The summed E-state index contributed by atoms with van der Waals surface area (Å²) < 4.78 is 11.8. The first-order valence-corrected chi connectivity index (χ1v) is 8.00. The number of oxazole rings is 1. The van der Waals surface area contributed by atoms with Crippen molar-refractivity contribution in [2.75, 3.05) is 13.2 Å². The highest BCUT2D eigenvalue weighted by molar-refractivity contribution is 5.79. The second-order valence-corrected chi connectivity index (χ2v) is 5.48. The molecule has 0 saturated heterocycles. The number of nitrogens with one attached hydrogen (secondary N) is 1. The summed E-state index contributed by atoms with van der Waals surface area (Å²) in [6.45, 7) is 2.14. The molecule has 1 aromatic carbocycles. The van der Waals surface area contributed by atoms with Crippen LogP contribution in [0, 0.1) is 18.8 Å². The highest BCUT2D eigenvalue weighted by Gasteiger charge is 2.11. The fraction of sp³-hybridized carbons (Fsp3) is 0.211. The Kier molecular flexibility index (Phi) is 5.34. The smallest absolute Gasteiger partial charge is 0.420 e. The summed E-state index contributed by atoms with van der Waals surface area (Å²) in [7, 11) is 0. The Morgan fingerprint density at radius 1 is 1.27 bits per heavy atom. The number of hydrogen-bond acceptors (Lipinski definition) is 5. The van der Waals surface area contributed by atoms with Crippen LogP contribution in [-0.4, -0.2) is 28.6 Å². The van der Waals surface area contributed by atoms with Gasteiger partial charge in [-0.3, -0.25) is 14.3 Å². The molecule has 0 spiro atoms. The number of amides is 1. The number of para-hydroxylation sites is 2. The SMILES string of the molecule is Cc1ccc(OCC#CCNC(=O)Cn2c(=O)oc3ccccc32)cn1. The van der Waals surface area contributed by atoms with Crippen molar-refractivity contribution in [2.45, 2.75) is 13.5 Å². The van der Waals surface area contributed by atoms with Crippen LogP contribution in [0.4, 0.5) is 0 Å². The summed E-state index contributed by atoms with van der Waals surface area (Å²) >= 11 is 0. The molecule has 0 fully saturated rings. The number of rotatable bonds is 5. The molecule has 2 heterocycles. The van der Waals surface area contributed by atoms with Crippen LogP contribution in [-0.2, 0) is 11.3 Å². The molecular formula is C19H17N3O4. The van der Waals surface area contributed by atoms with Crippen LogP contribution in [0.25, 0.3) is 11.1 Å². The van der Waals surface area contributed by atoms with Gasteiger partial charge in [-0.2, -0.15) is 0 Å². The first kappa shape index (κ1) is 17.3. The summed E-state index contributed by atoms with van der Waals surface area (Å²) in [5.74, 6) is 5.35. The van der Waals surface area contributed by atoms with Crippen molar-refractivity contribution in [3.8, 4) is 17.6 Å². The van der Waals surface area contributed by atoms with Crippen LogP contribution < -0.4 is 15.8 Å². The maximum Gasteiger partial charge on any atom is 0.420 e. The largest absolute Gasteiger partial charge is 0.479 e. The molecule has 3 aromatic rings. The van der Waals surface area contributed by atoms with Crippen LogP contribution in [0.2, 0.25) is 0 Å². The number of carbonyl (C=O) groups is 1. The zero-order valence-corrected chi connectivity index (χ0v) is 14.2. The zero-order valence-electron chi connectivity index (χ0n) is 14.2. The lowest BCUT2D eigenvalue weighted by molar-refractivity contribution is -0.121. The van der Waals surface area contributed by atoms with E-state index in [1.165, 1.54) is 4.57 Å². The average Bonchev–Trinajstić information content (AvgIpc) is 2.95. The van der Waals surface area contributed by atoms with E-state index in [9.17, 15) is 9.59 Å². The third kappa shape index (κ3) is 4.30. The molecule has 1 N–H and O–H groups in total. The number of ether oxygens (including phenoxy) is 1. The van der Waals surface area contributed by atoms with Crippen molar-refractivity contribution in [2.24, 2.45) is 0 Å². The molecule has 0 aliphatic rings. The molecule has 132 valence electrons. The van der Waals surface area contributed by atoms with E-state index >= 15 is 0 Å². The van der Waals surface area contributed by atoms with Gasteiger partial charge in [0.15, 0.2) is 5.58 Å². The summed E-state index contributed by atoms with van der Waals surface area (Å²) in [4.78, 5) is 27.9. The second-order valence-electron chi connectivity index (χ2n) is 5.48. The van der Waals surface area contributed by atoms with Crippen LogP contribution in [0.1, 0.15) is 5.69 Å². The van der Waals surface area contributed by atoms with Gasteiger partial charge in [0.1, 0.15) is 18.9 Å². The predicted octanol–water partition coefficient (Wildman–Crippen LogP) is 1.50. The molecule has 0 saturated carbocycles. The van der Waals surface area contributed by atoms with Gasteiger partial charge in [0.05, 0.1) is 18.3 Å². The van der Waals surface area contributed by atoms with Gasteiger partial charge in [-0.15, -0.1) is 0 Å². The molecule has 0 radical (unpaired) electrons. The lowest BCUT2D eigenvalue weighted by atomic mass is 10.3. The molecule has 0 aliphatic carbocycles. The Bertz CT molecular complexity index is 1020. The van der Waals surface area contributed by atoms with Gasteiger partial charge in [-0.25, -0.2) is 4.79 Å². The standard InChI is InChI=1S/C19H17N3O4/c1-14-8-9-15(12-21-14)25-11-5-4-10-20-18(23)13-22-16-6-2-3-7-17(16)26-19(22)24/h2-3,6-9,12H,10-11,13H2,1H3,(H,20,23). The van der Waals surface area contributed by atoms with Crippen molar-refractivity contribution in [1.82, 2.24) is 14.9 Å². The fourth-order valence-electron chi connectivity index (χ4n) is 2.28. The van der Waals surface area contributed by atoms with E-state index in [2.05, 4.69) is 22.1 Å². The summed E-state index contributed by atoms with van der Waals surface area (Å²) in [6, 6.07) is 10.6. The van der Waals surface area contributed by atoms with Gasteiger partial charge in [-0.05, 0) is 31.2 Å².